The lowest BCUT2D eigenvalue weighted by atomic mass is 10.2. The number of thiazole rings is 1. The van der Waals surface area contributed by atoms with Gasteiger partial charge in [-0.25, -0.2) is 19.9 Å². The Kier molecular flexibility index (Phi) is 4.12. The van der Waals surface area contributed by atoms with E-state index in [0.717, 1.165) is 31.2 Å². The fourth-order valence-electron chi connectivity index (χ4n) is 2.74. The zero-order valence-corrected chi connectivity index (χ0v) is 16.1. The summed E-state index contributed by atoms with van der Waals surface area (Å²) in [5, 5.41) is 4.34. The van der Waals surface area contributed by atoms with Gasteiger partial charge in [0.05, 0.1) is 10.6 Å². The molecule has 5 rings (SSSR count). The summed E-state index contributed by atoms with van der Waals surface area (Å²) in [4.78, 5) is 23.0. The van der Waals surface area contributed by atoms with Gasteiger partial charge in [-0.3, -0.25) is 4.98 Å². The van der Waals surface area contributed by atoms with Crippen LogP contribution in [0.25, 0.3) is 42.7 Å². The lowest BCUT2D eigenvalue weighted by Crippen LogP contribution is -1.92. The highest BCUT2D eigenvalue weighted by Gasteiger charge is 2.19. The standard InChI is InChI=1S/C19H10ClN5S2/c20-17-16(27-19(25-17)11-3-1-5-21-10-11)15-12-4-8-26-14(12)9-13(24-15)18-22-6-2-7-23-18/h1-10H. The number of thiophene rings is 1. The van der Waals surface area contributed by atoms with Gasteiger partial charge in [-0.05, 0) is 35.7 Å². The average molecular weight is 408 g/mol. The number of hydrogen-bond acceptors (Lipinski definition) is 7. The van der Waals surface area contributed by atoms with E-state index in [1.54, 1.807) is 42.2 Å². The number of rotatable bonds is 3. The van der Waals surface area contributed by atoms with Gasteiger partial charge in [0, 0.05) is 40.4 Å². The maximum absolute atomic E-state index is 6.51. The van der Waals surface area contributed by atoms with E-state index in [1.165, 1.54) is 11.3 Å². The Morgan fingerprint density at radius 1 is 0.963 bits per heavy atom. The second-order valence-electron chi connectivity index (χ2n) is 5.64. The zero-order valence-electron chi connectivity index (χ0n) is 13.7. The first-order valence-electron chi connectivity index (χ1n) is 8.02. The van der Waals surface area contributed by atoms with Crippen LogP contribution in [0.5, 0.6) is 0 Å². The molecule has 0 aliphatic heterocycles. The Morgan fingerprint density at radius 2 is 1.85 bits per heavy atom. The Hall–Kier alpha value is -2.74. The van der Waals surface area contributed by atoms with Crippen LogP contribution in [0.1, 0.15) is 0 Å². The van der Waals surface area contributed by atoms with Crippen LogP contribution in [0.15, 0.2) is 60.5 Å². The molecule has 0 amide bonds. The van der Waals surface area contributed by atoms with Crippen LogP contribution in [0, 0.1) is 0 Å². The molecule has 0 atom stereocenters. The Morgan fingerprint density at radius 3 is 2.67 bits per heavy atom. The molecule has 27 heavy (non-hydrogen) atoms. The molecule has 130 valence electrons. The van der Waals surface area contributed by atoms with E-state index in [9.17, 15) is 0 Å². The smallest absolute Gasteiger partial charge is 0.178 e. The van der Waals surface area contributed by atoms with E-state index >= 15 is 0 Å². The van der Waals surface area contributed by atoms with Crippen LogP contribution in [0.4, 0.5) is 0 Å². The summed E-state index contributed by atoms with van der Waals surface area (Å²) in [6.45, 7) is 0. The fraction of sp³-hybridized carbons (Fsp3) is 0. The maximum Gasteiger partial charge on any atom is 0.178 e. The summed E-state index contributed by atoms with van der Waals surface area (Å²) in [6, 6.07) is 9.70. The molecule has 0 unspecified atom stereocenters. The SMILES string of the molecule is Clc1nc(-c2cccnc2)sc1-c1nc(-c2ncccn2)cc2sccc12. The fourth-order valence-corrected chi connectivity index (χ4v) is 4.86. The van der Waals surface area contributed by atoms with E-state index < -0.39 is 0 Å². The van der Waals surface area contributed by atoms with Crippen molar-refractivity contribution in [2.24, 2.45) is 0 Å². The van der Waals surface area contributed by atoms with E-state index in [-0.39, 0.29) is 0 Å². The summed E-state index contributed by atoms with van der Waals surface area (Å²) in [6.07, 6.45) is 6.94. The highest BCUT2D eigenvalue weighted by Crippen LogP contribution is 2.41. The summed E-state index contributed by atoms with van der Waals surface area (Å²) in [5.74, 6) is 0.585. The van der Waals surface area contributed by atoms with E-state index in [2.05, 4.69) is 26.0 Å². The minimum absolute atomic E-state index is 0.435. The van der Waals surface area contributed by atoms with Crippen molar-refractivity contribution in [3.05, 3.63) is 65.7 Å². The summed E-state index contributed by atoms with van der Waals surface area (Å²) in [7, 11) is 0. The molecule has 5 nitrogen and oxygen atoms in total. The third-order valence-electron chi connectivity index (χ3n) is 3.95. The molecular weight excluding hydrogens is 398 g/mol. The highest BCUT2D eigenvalue weighted by atomic mass is 35.5. The number of fused-ring (bicyclic) bond motifs is 1. The predicted molar refractivity (Wildman–Crippen MR) is 110 cm³/mol. The van der Waals surface area contributed by atoms with Gasteiger partial charge < -0.3 is 0 Å². The monoisotopic (exact) mass is 407 g/mol. The third kappa shape index (κ3) is 2.99. The molecule has 5 aromatic heterocycles. The molecule has 0 aromatic carbocycles. The number of hydrogen-bond donors (Lipinski definition) is 0. The average Bonchev–Trinajstić information content (AvgIpc) is 3.35. The Bertz CT molecular complexity index is 1240. The largest absolute Gasteiger partial charge is 0.264 e. The van der Waals surface area contributed by atoms with Crippen molar-refractivity contribution in [2.45, 2.75) is 0 Å². The number of halogens is 1. The van der Waals surface area contributed by atoms with Gasteiger partial charge in [-0.1, -0.05) is 11.6 Å². The molecule has 5 aromatic rings. The normalized spacial score (nSPS) is 11.1. The van der Waals surface area contributed by atoms with Crippen molar-refractivity contribution in [1.82, 2.24) is 24.9 Å². The topological polar surface area (TPSA) is 64.5 Å². The summed E-state index contributed by atoms with van der Waals surface area (Å²) in [5.41, 5.74) is 2.45. The second kappa shape index (κ2) is 6.77. The minimum atomic E-state index is 0.435. The van der Waals surface area contributed by atoms with Crippen LogP contribution in [-0.2, 0) is 0 Å². The lowest BCUT2D eigenvalue weighted by Gasteiger charge is -2.05. The molecule has 0 fully saturated rings. The molecule has 0 radical (unpaired) electrons. The molecule has 5 heterocycles. The van der Waals surface area contributed by atoms with Crippen molar-refractivity contribution in [3.8, 4) is 32.7 Å². The molecule has 0 aliphatic rings. The Labute approximate surface area is 167 Å². The highest BCUT2D eigenvalue weighted by molar-refractivity contribution is 7.19. The van der Waals surface area contributed by atoms with Gasteiger partial charge in [0.25, 0.3) is 0 Å². The van der Waals surface area contributed by atoms with Gasteiger partial charge in [0.15, 0.2) is 5.82 Å². The van der Waals surface area contributed by atoms with Crippen molar-refractivity contribution in [1.29, 1.82) is 0 Å². The summed E-state index contributed by atoms with van der Waals surface area (Å²) < 4.78 is 1.11. The molecular formula is C19H10ClN5S2. The molecule has 0 aliphatic carbocycles. The van der Waals surface area contributed by atoms with E-state index in [4.69, 9.17) is 16.6 Å². The second-order valence-corrected chi connectivity index (χ2v) is 7.95. The van der Waals surface area contributed by atoms with Crippen molar-refractivity contribution in [3.63, 3.8) is 0 Å². The van der Waals surface area contributed by atoms with Crippen molar-refractivity contribution in [2.75, 3.05) is 0 Å². The maximum atomic E-state index is 6.51. The first-order valence-corrected chi connectivity index (χ1v) is 10.1. The first-order chi connectivity index (χ1) is 13.3. The van der Waals surface area contributed by atoms with Crippen LogP contribution in [0.3, 0.4) is 0 Å². The molecule has 0 N–H and O–H groups in total. The van der Waals surface area contributed by atoms with Crippen molar-refractivity contribution < 1.29 is 0 Å². The number of nitrogens with zero attached hydrogens (tertiary/aromatic N) is 5. The number of pyridine rings is 2. The zero-order chi connectivity index (χ0) is 18.2. The lowest BCUT2D eigenvalue weighted by molar-refractivity contribution is 1.15. The Balaban J connectivity index is 1.71. The van der Waals surface area contributed by atoms with Crippen LogP contribution >= 0.6 is 34.3 Å². The van der Waals surface area contributed by atoms with Gasteiger partial charge in [-0.15, -0.1) is 22.7 Å². The van der Waals surface area contributed by atoms with Crippen LogP contribution < -0.4 is 0 Å². The molecule has 0 saturated carbocycles. The van der Waals surface area contributed by atoms with Gasteiger partial charge in [-0.2, -0.15) is 0 Å². The molecule has 8 heteroatoms. The third-order valence-corrected chi connectivity index (χ3v) is 6.32. The quantitative estimate of drug-likeness (QED) is 0.390. The van der Waals surface area contributed by atoms with Crippen molar-refractivity contribution >= 4 is 44.4 Å². The minimum Gasteiger partial charge on any atom is -0.264 e. The van der Waals surface area contributed by atoms with Gasteiger partial charge >= 0.3 is 0 Å². The summed E-state index contributed by atoms with van der Waals surface area (Å²) >= 11 is 9.66. The molecule has 0 spiro atoms. The van der Waals surface area contributed by atoms with E-state index in [0.29, 0.717) is 16.7 Å². The van der Waals surface area contributed by atoms with Crippen LogP contribution in [-0.4, -0.2) is 24.9 Å². The molecule has 0 saturated heterocycles. The van der Waals surface area contributed by atoms with Crippen LogP contribution in [0.2, 0.25) is 5.15 Å². The molecule has 0 bridgehead atoms. The van der Waals surface area contributed by atoms with Gasteiger partial charge in [0.2, 0.25) is 0 Å². The first kappa shape index (κ1) is 16.4. The number of aromatic nitrogens is 5. The predicted octanol–water partition coefficient (Wildman–Crippen LogP) is 5.59. The van der Waals surface area contributed by atoms with E-state index in [1.807, 2.05) is 23.6 Å². The van der Waals surface area contributed by atoms with Gasteiger partial charge in [0.1, 0.15) is 15.9 Å².